The third kappa shape index (κ3) is 1.83. The van der Waals surface area contributed by atoms with E-state index in [4.69, 9.17) is 5.11 Å². The summed E-state index contributed by atoms with van der Waals surface area (Å²) in [6.45, 7) is 3.47. The van der Waals surface area contributed by atoms with Crippen LogP contribution < -0.4 is 0 Å². The van der Waals surface area contributed by atoms with Crippen molar-refractivity contribution in [3.63, 3.8) is 0 Å². The second-order valence-electron chi connectivity index (χ2n) is 2.90. The molecule has 0 aliphatic carbocycles. The van der Waals surface area contributed by atoms with Gasteiger partial charge < -0.3 is 5.11 Å². The van der Waals surface area contributed by atoms with E-state index in [-0.39, 0.29) is 12.4 Å². The van der Waals surface area contributed by atoms with Gasteiger partial charge in [-0.2, -0.15) is 0 Å². The van der Waals surface area contributed by atoms with Gasteiger partial charge in [0.1, 0.15) is 5.82 Å². The fourth-order valence-electron chi connectivity index (χ4n) is 0.950. The summed E-state index contributed by atoms with van der Waals surface area (Å²) in [5.74, 6) is 0.564. The highest BCUT2D eigenvalue weighted by atomic mass is 19.1. The van der Waals surface area contributed by atoms with Crippen LogP contribution >= 0.6 is 0 Å². The monoisotopic (exact) mass is 167 g/mol. The number of halogens is 1. The smallest absolute Gasteiger partial charge is 0.126 e. The predicted octanol–water partition coefficient (Wildman–Crippen LogP) is 2.07. The Balaban J connectivity index is 2.96. The quantitative estimate of drug-likeness (QED) is 0.714. The Morgan fingerprint density at radius 2 is 2.17 bits per heavy atom. The van der Waals surface area contributed by atoms with Gasteiger partial charge in [0.15, 0.2) is 0 Å². The molecular formula is C10H12FO. The third-order valence-electron chi connectivity index (χ3n) is 1.90. The van der Waals surface area contributed by atoms with Crippen LogP contribution in [0.25, 0.3) is 0 Å². The lowest BCUT2D eigenvalue weighted by Crippen LogP contribution is -2.00. The number of rotatable bonds is 2. The van der Waals surface area contributed by atoms with Crippen LogP contribution in [0.5, 0.6) is 0 Å². The summed E-state index contributed by atoms with van der Waals surface area (Å²) < 4.78 is 13.0. The molecule has 1 nitrogen and oxygen atoms in total. The Morgan fingerprint density at radius 1 is 1.50 bits per heavy atom. The van der Waals surface area contributed by atoms with Crippen molar-refractivity contribution < 1.29 is 9.50 Å². The minimum absolute atomic E-state index is 0.0253. The molecule has 0 fully saturated rings. The van der Waals surface area contributed by atoms with Gasteiger partial charge in [-0.1, -0.05) is 19.1 Å². The number of aryl methyl sites for hydroxylation is 1. The molecule has 1 aromatic rings. The lowest BCUT2D eigenvalue weighted by molar-refractivity contribution is 0.315. The molecule has 0 saturated carbocycles. The second-order valence-corrected chi connectivity index (χ2v) is 2.90. The van der Waals surface area contributed by atoms with Gasteiger partial charge in [-0.3, -0.25) is 0 Å². The van der Waals surface area contributed by atoms with Gasteiger partial charge in [-0.15, -0.1) is 0 Å². The van der Waals surface area contributed by atoms with Crippen LogP contribution in [0.15, 0.2) is 18.2 Å². The van der Waals surface area contributed by atoms with Crippen molar-refractivity contribution in [2.75, 3.05) is 6.61 Å². The van der Waals surface area contributed by atoms with Gasteiger partial charge in [0.25, 0.3) is 0 Å². The molecule has 1 rings (SSSR count). The minimum Gasteiger partial charge on any atom is -0.395 e. The summed E-state index contributed by atoms with van der Waals surface area (Å²) in [5, 5.41) is 8.79. The molecule has 0 bridgehead atoms. The van der Waals surface area contributed by atoms with Gasteiger partial charge in [-0.05, 0) is 24.1 Å². The van der Waals surface area contributed by atoms with Crippen LogP contribution in [0.3, 0.4) is 0 Å². The van der Waals surface area contributed by atoms with Gasteiger partial charge in [0.2, 0.25) is 0 Å². The van der Waals surface area contributed by atoms with Crippen molar-refractivity contribution in [1.29, 1.82) is 0 Å². The van der Waals surface area contributed by atoms with Crippen molar-refractivity contribution in [3.8, 4) is 0 Å². The number of benzene rings is 1. The molecule has 1 radical (unpaired) electrons. The van der Waals surface area contributed by atoms with E-state index >= 15 is 0 Å². The molecule has 65 valence electrons. The second kappa shape index (κ2) is 3.68. The van der Waals surface area contributed by atoms with E-state index in [0.717, 1.165) is 11.5 Å². The lowest BCUT2D eigenvalue weighted by atomic mass is 10.0. The standard InChI is InChI=1S/C10H12FO/c1-7-3-4-9(5-10(7)11)8(2)6-12/h3-5,12H,6H2,1-2H3. The molecule has 0 saturated heterocycles. The molecule has 1 N–H and O–H groups in total. The van der Waals surface area contributed by atoms with E-state index in [9.17, 15) is 4.39 Å². The van der Waals surface area contributed by atoms with Crippen LogP contribution in [-0.4, -0.2) is 11.7 Å². The molecule has 0 spiro atoms. The van der Waals surface area contributed by atoms with Gasteiger partial charge in [-0.25, -0.2) is 4.39 Å². The van der Waals surface area contributed by atoms with Crippen LogP contribution in [0.1, 0.15) is 18.1 Å². The topological polar surface area (TPSA) is 20.2 Å². The van der Waals surface area contributed by atoms with Crippen molar-refractivity contribution in [2.45, 2.75) is 13.8 Å². The van der Waals surface area contributed by atoms with Crippen LogP contribution in [0.4, 0.5) is 4.39 Å². The van der Waals surface area contributed by atoms with E-state index in [0.29, 0.717) is 5.56 Å². The SMILES string of the molecule is C[C](CO)c1ccc(C)c(F)c1. The first kappa shape index (κ1) is 9.20. The third-order valence-corrected chi connectivity index (χ3v) is 1.90. The molecule has 0 aliphatic rings. The first-order valence-corrected chi connectivity index (χ1v) is 3.85. The average Bonchev–Trinajstić information content (AvgIpc) is 2.08. The summed E-state index contributed by atoms with van der Waals surface area (Å²) in [6.07, 6.45) is 0. The van der Waals surface area contributed by atoms with Crippen molar-refractivity contribution in [3.05, 3.63) is 41.1 Å². The lowest BCUT2D eigenvalue weighted by Gasteiger charge is -2.07. The normalized spacial score (nSPS) is 10.8. The number of hydrogen-bond donors (Lipinski definition) is 1. The van der Waals surface area contributed by atoms with Crippen LogP contribution in [0, 0.1) is 18.7 Å². The zero-order valence-corrected chi connectivity index (χ0v) is 7.26. The molecule has 0 amide bonds. The van der Waals surface area contributed by atoms with Crippen molar-refractivity contribution in [2.24, 2.45) is 0 Å². The number of aliphatic hydroxyl groups is 1. The predicted molar refractivity (Wildman–Crippen MR) is 46.2 cm³/mol. The van der Waals surface area contributed by atoms with E-state index in [1.165, 1.54) is 6.07 Å². The molecule has 12 heavy (non-hydrogen) atoms. The minimum atomic E-state index is -0.222. The van der Waals surface area contributed by atoms with Crippen molar-refractivity contribution >= 4 is 0 Å². The average molecular weight is 167 g/mol. The number of hydrogen-bond acceptors (Lipinski definition) is 1. The maximum Gasteiger partial charge on any atom is 0.126 e. The van der Waals surface area contributed by atoms with E-state index in [1.54, 1.807) is 19.9 Å². The molecule has 1 aromatic carbocycles. The first-order valence-electron chi connectivity index (χ1n) is 3.85. The zero-order valence-electron chi connectivity index (χ0n) is 7.26. The molecule has 0 atom stereocenters. The van der Waals surface area contributed by atoms with Crippen LogP contribution in [-0.2, 0) is 0 Å². The van der Waals surface area contributed by atoms with Crippen molar-refractivity contribution in [1.82, 2.24) is 0 Å². The maximum absolute atomic E-state index is 13.0. The van der Waals surface area contributed by atoms with Gasteiger partial charge >= 0.3 is 0 Å². The molecule has 0 aromatic heterocycles. The highest BCUT2D eigenvalue weighted by molar-refractivity contribution is 5.32. The first-order chi connectivity index (χ1) is 5.65. The largest absolute Gasteiger partial charge is 0.395 e. The van der Waals surface area contributed by atoms with E-state index in [2.05, 4.69) is 0 Å². The Labute approximate surface area is 71.9 Å². The molecular weight excluding hydrogens is 155 g/mol. The Kier molecular flexibility index (Phi) is 2.82. The highest BCUT2D eigenvalue weighted by Gasteiger charge is 2.06. The summed E-state index contributed by atoms with van der Waals surface area (Å²) >= 11 is 0. The fraction of sp³-hybridized carbons (Fsp3) is 0.300. The Bertz CT molecular complexity index is 271. The molecule has 0 heterocycles. The number of aliphatic hydroxyl groups excluding tert-OH is 1. The summed E-state index contributed by atoms with van der Waals surface area (Å²) in [7, 11) is 0. The molecule has 2 heteroatoms. The van der Waals surface area contributed by atoms with Gasteiger partial charge in [0, 0.05) is 5.92 Å². The van der Waals surface area contributed by atoms with E-state index < -0.39 is 0 Å². The fourth-order valence-corrected chi connectivity index (χ4v) is 0.950. The maximum atomic E-state index is 13.0. The highest BCUT2D eigenvalue weighted by Crippen LogP contribution is 2.16. The zero-order chi connectivity index (χ0) is 9.14. The van der Waals surface area contributed by atoms with E-state index in [1.807, 2.05) is 6.07 Å². The summed E-state index contributed by atoms with van der Waals surface area (Å²) in [6, 6.07) is 4.97. The Hall–Kier alpha value is -0.890. The Morgan fingerprint density at radius 3 is 2.67 bits per heavy atom. The molecule has 0 aliphatic heterocycles. The summed E-state index contributed by atoms with van der Waals surface area (Å²) in [4.78, 5) is 0. The van der Waals surface area contributed by atoms with Gasteiger partial charge in [0.05, 0.1) is 6.61 Å². The summed E-state index contributed by atoms with van der Waals surface area (Å²) in [5.41, 5.74) is 1.39. The van der Waals surface area contributed by atoms with Crippen LogP contribution in [0.2, 0.25) is 0 Å². The molecule has 0 unspecified atom stereocenters.